The SMILES string of the molecule is CCCC(C)CC(CC(=O)N1CCN(c2cccnc2)C(=O)C1)C1CCc2cc(F)cc(F)c21. The standard InChI is InChI=1S/C27H33F2N3O2/c1-3-5-18(2)12-20(23-8-7-19-13-21(28)15-24(29)27(19)23)14-25(33)31-10-11-32(26(34)17-31)22-6-4-9-30-16-22/h4,6,9,13,15-16,18,20,23H,3,5,7-8,10-12,14,17H2,1-2H3. The highest BCUT2D eigenvalue weighted by Crippen LogP contribution is 2.44. The molecule has 4 rings (SSSR count). The first-order valence-corrected chi connectivity index (χ1v) is 12.3. The highest BCUT2D eigenvalue weighted by molar-refractivity contribution is 5.97. The summed E-state index contributed by atoms with van der Waals surface area (Å²) in [4.78, 5) is 33.5. The number of piperazine rings is 1. The summed E-state index contributed by atoms with van der Waals surface area (Å²) in [6.45, 7) is 5.22. The van der Waals surface area contributed by atoms with Crippen molar-refractivity contribution in [3.63, 3.8) is 0 Å². The fourth-order valence-electron chi connectivity index (χ4n) is 5.73. The lowest BCUT2D eigenvalue weighted by atomic mass is 9.78. The third kappa shape index (κ3) is 5.29. The van der Waals surface area contributed by atoms with Crippen LogP contribution < -0.4 is 4.90 Å². The zero-order chi connectivity index (χ0) is 24.2. The van der Waals surface area contributed by atoms with E-state index >= 15 is 0 Å². The van der Waals surface area contributed by atoms with Gasteiger partial charge in [0.15, 0.2) is 0 Å². The molecule has 2 aromatic rings. The highest BCUT2D eigenvalue weighted by atomic mass is 19.1. The average Bonchev–Trinajstić information content (AvgIpc) is 3.23. The van der Waals surface area contributed by atoms with Gasteiger partial charge in [0.2, 0.25) is 11.8 Å². The number of rotatable bonds is 8. The number of halogens is 2. The minimum atomic E-state index is -0.547. The van der Waals surface area contributed by atoms with Crippen LogP contribution in [0.5, 0.6) is 0 Å². The van der Waals surface area contributed by atoms with Gasteiger partial charge in [-0.25, -0.2) is 8.78 Å². The number of carbonyl (C=O) groups is 2. The van der Waals surface area contributed by atoms with Gasteiger partial charge in [-0.1, -0.05) is 26.7 Å². The Morgan fingerprint density at radius 2 is 2.09 bits per heavy atom. The molecule has 1 aliphatic heterocycles. The van der Waals surface area contributed by atoms with Gasteiger partial charge in [-0.2, -0.15) is 0 Å². The summed E-state index contributed by atoms with van der Waals surface area (Å²) in [7, 11) is 0. The number of aromatic nitrogens is 1. The van der Waals surface area contributed by atoms with Crippen LogP contribution in [0.4, 0.5) is 14.5 Å². The number of carbonyl (C=O) groups excluding carboxylic acids is 2. The van der Waals surface area contributed by atoms with Crippen LogP contribution in [0.25, 0.3) is 0 Å². The van der Waals surface area contributed by atoms with E-state index in [0.29, 0.717) is 31.0 Å². The van der Waals surface area contributed by atoms with Crippen molar-refractivity contribution in [3.05, 3.63) is 59.4 Å². The summed E-state index contributed by atoms with van der Waals surface area (Å²) in [5.74, 6) is -0.986. The van der Waals surface area contributed by atoms with Gasteiger partial charge in [0.1, 0.15) is 18.2 Å². The first-order chi connectivity index (χ1) is 16.4. The molecule has 3 atom stereocenters. The molecule has 0 saturated carbocycles. The molecule has 3 unspecified atom stereocenters. The summed E-state index contributed by atoms with van der Waals surface area (Å²) in [5, 5.41) is 0. The number of nitrogens with zero attached hydrogens (tertiary/aromatic N) is 3. The van der Waals surface area contributed by atoms with E-state index in [9.17, 15) is 18.4 Å². The van der Waals surface area contributed by atoms with Gasteiger partial charge in [0.05, 0.1) is 11.9 Å². The molecule has 5 nitrogen and oxygen atoms in total. The first-order valence-electron chi connectivity index (χ1n) is 12.3. The number of benzene rings is 1. The molecule has 7 heteroatoms. The van der Waals surface area contributed by atoms with E-state index in [-0.39, 0.29) is 36.6 Å². The molecule has 2 aliphatic rings. The van der Waals surface area contributed by atoms with Crippen molar-refractivity contribution in [2.24, 2.45) is 11.8 Å². The van der Waals surface area contributed by atoms with E-state index in [4.69, 9.17) is 0 Å². The highest BCUT2D eigenvalue weighted by Gasteiger charge is 2.36. The number of aryl methyl sites for hydroxylation is 1. The minimum absolute atomic E-state index is 0.0335. The quantitative estimate of drug-likeness (QED) is 0.541. The second kappa shape index (κ2) is 10.6. The largest absolute Gasteiger partial charge is 0.332 e. The van der Waals surface area contributed by atoms with Crippen molar-refractivity contribution in [1.82, 2.24) is 9.88 Å². The monoisotopic (exact) mass is 469 g/mol. The Balaban J connectivity index is 1.48. The number of amides is 2. The number of pyridine rings is 1. The van der Waals surface area contributed by atoms with E-state index in [1.54, 1.807) is 28.3 Å². The second-order valence-corrected chi connectivity index (χ2v) is 9.77. The van der Waals surface area contributed by atoms with Gasteiger partial charge >= 0.3 is 0 Å². The number of fused-ring (bicyclic) bond motifs is 1. The number of hydrogen-bond donors (Lipinski definition) is 0. The smallest absolute Gasteiger partial charge is 0.246 e. The van der Waals surface area contributed by atoms with Crippen molar-refractivity contribution >= 4 is 17.5 Å². The van der Waals surface area contributed by atoms with Crippen molar-refractivity contribution in [2.45, 2.75) is 58.3 Å². The first kappa shape index (κ1) is 24.3. The lowest BCUT2D eigenvalue weighted by molar-refractivity contribution is -0.137. The maximum atomic E-state index is 14.8. The Morgan fingerprint density at radius 3 is 2.79 bits per heavy atom. The molecule has 2 amide bonds. The number of hydrogen-bond acceptors (Lipinski definition) is 3. The van der Waals surface area contributed by atoms with Crippen LogP contribution in [0.3, 0.4) is 0 Å². The molecule has 1 fully saturated rings. The molecule has 0 N–H and O–H groups in total. The van der Waals surface area contributed by atoms with Crippen LogP contribution in [0.1, 0.15) is 63.0 Å². The Labute approximate surface area is 200 Å². The Hall–Kier alpha value is -2.83. The molecular weight excluding hydrogens is 436 g/mol. The van der Waals surface area contributed by atoms with Crippen molar-refractivity contribution in [2.75, 3.05) is 24.5 Å². The van der Waals surface area contributed by atoms with E-state index in [1.807, 2.05) is 6.07 Å². The van der Waals surface area contributed by atoms with Gasteiger partial charge in [0.25, 0.3) is 0 Å². The Morgan fingerprint density at radius 1 is 1.26 bits per heavy atom. The normalized spacial score (nSPS) is 19.8. The van der Waals surface area contributed by atoms with E-state index in [0.717, 1.165) is 43.0 Å². The molecule has 1 aromatic carbocycles. The van der Waals surface area contributed by atoms with Crippen LogP contribution in [0, 0.1) is 23.5 Å². The molecule has 34 heavy (non-hydrogen) atoms. The van der Waals surface area contributed by atoms with E-state index in [1.165, 1.54) is 6.07 Å². The van der Waals surface area contributed by atoms with Gasteiger partial charge in [-0.3, -0.25) is 14.6 Å². The zero-order valence-electron chi connectivity index (χ0n) is 20.0. The van der Waals surface area contributed by atoms with Crippen molar-refractivity contribution in [1.29, 1.82) is 0 Å². The van der Waals surface area contributed by atoms with Gasteiger partial charge in [-0.15, -0.1) is 0 Å². The zero-order valence-corrected chi connectivity index (χ0v) is 20.0. The lowest BCUT2D eigenvalue weighted by Gasteiger charge is -2.36. The Bertz CT molecular complexity index is 1030. The van der Waals surface area contributed by atoms with Crippen molar-refractivity contribution in [3.8, 4) is 0 Å². The van der Waals surface area contributed by atoms with E-state index in [2.05, 4.69) is 18.8 Å². The number of anilines is 1. The topological polar surface area (TPSA) is 53.5 Å². The van der Waals surface area contributed by atoms with Crippen LogP contribution in [0.2, 0.25) is 0 Å². The van der Waals surface area contributed by atoms with Gasteiger partial charge in [0, 0.05) is 31.8 Å². The van der Waals surface area contributed by atoms with Gasteiger partial charge in [-0.05, 0) is 66.3 Å². The maximum Gasteiger partial charge on any atom is 0.246 e. The van der Waals surface area contributed by atoms with E-state index < -0.39 is 11.6 Å². The summed E-state index contributed by atoms with van der Waals surface area (Å²) < 4.78 is 28.6. The van der Waals surface area contributed by atoms with Crippen LogP contribution >= 0.6 is 0 Å². The molecule has 0 radical (unpaired) electrons. The fourth-order valence-corrected chi connectivity index (χ4v) is 5.73. The maximum absolute atomic E-state index is 14.8. The van der Waals surface area contributed by atoms with Crippen LogP contribution in [0.15, 0.2) is 36.7 Å². The average molecular weight is 470 g/mol. The van der Waals surface area contributed by atoms with Crippen LogP contribution in [-0.2, 0) is 16.0 Å². The summed E-state index contributed by atoms with van der Waals surface area (Å²) in [6.07, 6.45) is 7.83. The summed E-state index contributed by atoms with van der Waals surface area (Å²) in [6, 6.07) is 6.01. The molecule has 1 saturated heterocycles. The summed E-state index contributed by atoms with van der Waals surface area (Å²) >= 11 is 0. The Kier molecular flexibility index (Phi) is 7.59. The third-order valence-electron chi connectivity index (χ3n) is 7.30. The second-order valence-electron chi connectivity index (χ2n) is 9.77. The fraction of sp³-hybridized carbons (Fsp3) is 0.519. The van der Waals surface area contributed by atoms with Gasteiger partial charge < -0.3 is 9.80 Å². The molecule has 2 heterocycles. The third-order valence-corrected chi connectivity index (χ3v) is 7.30. The minimum Gasteiger partial charge on any atom is -0.332 e. The van der Waals surface area contributed by atoms with Crippen LogP contribution in [-0.4, -0.2) is 41.3 Å². The predicted octanol–water partition coefficient (Wildman–Crippen LogP) is 5.10. The summed E-state index contributed by atoms with van der Waals surface area (Å²) in [5.41, 5.74) is 2.04. The lowest BCUT2D eigenvalue weighted by Crippen LogP contribution is -2.52. The molecule has 1 aliphatic carbocycles. The van der Waals surface area contributed by atoms with Crippen molar-refractivity contribution < 1.29 is 18.4 Å². The molecule has 1 aromatic heterocycles. The molecule has 182 valence electrons. The predicted molar refractivity (Wildman–Crippen MR) is 127 cm³/mol. The molecule has 0 spiro atoms. The molecular formula is C27H33F2N3O2. The molecule has 0 bridgehead atoms.